The van der Waals surface area contributed by atoms with E-state index in [4.69, 9.17) is 0 Å². The van der Waals surface area contributed by atoms with E-state index in [9.17, 15) is 13.2 Å². The van der Waals surface area contributed by atoms with Gasteiger partial charge in [-0.25, -0.2) is 0 Å². The monoisotopic (exact) mass is 242 g/mol. The third-order valence-corrected chi connectivity index (χ3v) is 2.19. The summed E-state index contributed by atoms with van der Waals surface area (Å²) in [7, 11) is 0. The SMILES string of the molecule is Cc1cnc(-c2cc(C(F)(F)F)[nH]n2)c(C)n1. The molecular weight excluding hydrogens is 233 g/mol. The van der Waals surface area contributed by atoms with Crippen molar-refractivity contribution in [1.82, 2.24) is 20.2 Å². The van der Waals surface area contributed by atoms with Crippen molar-refractivity contribution in [3.05, 3.63) is 29.3 Å². The van der Waals surface area contributed by atoms with Crippen LogP contribution in [0.1, 0.15) is 17.1 Å². The van der Waals surface area contributed by atoms with Gasteiger partial charge in [0.1, 0.15) is 17.1 Å². The largest absolute Gasteiger partial charge is 0.432 e. The number of hydrogen-bond acceptors (Lipinski definition) is 3. The first-order valence-corrected chi connectivity index (χ1v) is 4.81. The molecule has 0 spiro atoms. The van der Waals surface area contributed by atoms with Crippen molar-refractivity contribution in [3.8, 4) is 11.4 Å². The highest BCUT2D eigenvalue weighted by molar-refractivity contribution is 5.56. The summed E-state index contributed by atoms with van der Waals surface area (Å²) in [6.07, 6.45) is -2.94. The van der Waals surface area contributed by atoms with Crippen molar-refractivity contribution < 1.29 is 13.2 Å². The molecule has 0 unspecified atom stereocenters. The lowest BCUT2D eigenvalue weighted by Crippen LogP contribution is -2.04. The predicted molar refractivity (Wildman–Crippen MR) is 54.1 cm³/mol. The zero-order valence-electron chi connectivity index (χ0n) is 9.13. The van der Waals surface area contributed by atoms with E-state index in [0.717, 1.165) is 6.07 Å². The first kappa shape index (κ1) is 11.6. The summed E-state index contributed by atoms with van der Waals surface area (Å²) in [5.74, 6) is 0. The van der Waals surface area contributed by atoms with Gasteiger partial charge in [-0.15, -0.1) is 0 Å². The lowest BCUT2D eigenvalue weighted by Gasteiger charge is -2.01. The topological polar surface area (TPSA) is 54.5 Å². The Morgan fingerprint density at radius 3 is 2.47 bits per heavy atom. The van der Waals surface area contributed by atoms with Gasteiger partial charge < -0.3 is 0 Å². The zero-order chi connectivity index (χ0) is 12.6. The van der Waals surface area contributed by atoms with Crippen LogP contribution in [0.4, 0.5) is 13.2 Å². The van der Waals surface area contributed by atoms with Crippen molar-refractivity contribution >= 4 is 0 Å². The second-order valence-corrected chi connectivity index (χ2v) is 3.61. The number of aromatic nitrogens is 4. The van der Waals surface area contributed by atoms with E-state index in [0.29, 0.717) is 17.1 Å². The molecular formula is C10H9F3N4. The molecule has 0 saturated heterocycles. The Hall–Kier alpha value is -1.92. The third-order valence-electron chi connectivity index (χ3n) is 2.19. The molecule has 2 aromatic heterocycles. The van der Waals surface area contributed by atoms with E-state index in [1.807, 2.05) is 5.10 Å². The maximum Gasteiger partial charge on any atom is 0.432 e. The molecule has 0 bridgehead atoms. The van der Waals surface area contributed by atoms with E-state index in [-0.39, 0.29) is 5.69 Å². The maximum absolute atomic E-state index is 12.4. The van der Waals surface area contributed by atoms with Gasteiger partial charge in [0, 0.05) is 6.20 Å². The number of hydrogen-bond donors (Lipinski definition) is 1. The highest BCUT2D eigenvalue weighted by atomic mass is 19.4. The fraction of sp³-hybridized carbons (Fsp3) is 0.300. The minimum atomic E-state index is -4.43. The number of H-pyrrole nitrogens is 1. The Morgan fingerprint density at radius 1 is 1.24 bits per heavy atom. The van der Waals surface area contributed by atoms with Crippen LogP contribution in [0.15, 0.2) is 12.3 Å². The average Bonchev–Trinajstić information content (AvgIpc) is 2.65. The van der Waals surface area contributed by atoms with Crippen molar-refractivity contribution in [2.24, 2.45) is 0 Å². The summed E-state index contributed by atoms with van der Waals surface area (Å²) < 4.78 is 37.1. The Morgan fingerprint density at radius 2 is 1.94 bits per heavy atom. The molecule has 0 aliphatic rings. The molecule has 17 heavy (non-hydrogen) atoms. The highest BCUT2D eigenvalue weighted by Gasteiger charge is 2.33. The second kappa shape index (κ2) is 3.83. The molecule has 4 nitrogen and oxygen atoms in total. The van der Waals surface area contributed by atoms with Gasteiger partial charge in [-0.3, -0.25) is 15.1 Å². The smallest absolute Gasteiger partial charge is 0.273 e. The van der Waals surface area contributed by atoms with Crippen LogP contribution in [-0.2, 0) is 6.18 Å². The number of nitrogens with zero attached hydrogens (tertiary/aromatic N) is 3. The van der Waals surface area contributed by atoms with Crippen LogP contribution in [0.2, 0.25) is 0 Å². The number of halogens is 3. The Labute approximate surface area is 94.9 Å². The summed E-state index contributed by atoms with van der Waals surface area (Å²) in [6.45, 7) is 3.44. The number of aryl methyl sites for hydroxylation is 2. The van der Waals surface area contributed by atoms with Crippen molar-refractivity contribution in [2.45, 2.75) is 20.0 Å². The van der Waals surface area contributed by atoms with Gasteiger partial charge in [-0.1, -0.05) is 0 Å². The van der Waals surface area contributed by atoms with Crippen LogP contribution >= 0.6 is 0 Å². The molecule has 90 valence electrons. The molecule has 0 aromatic carbocycles. The maximum atomic E-state index is 12.4. The molecule has 7 heteroatoms. The van der Waals surface area contributed by atoms with E-state index >= 15 is 0 Å². The molecule has 2 aromatic rings. The predicted octanol–water partition coefficient (Wildman–Crippen LogP) is 2.50. The van der Waals surface area contributed by atoms with E-state index in [1.165, 1.54) is 6.20 Å². The Bertz CT molecular complexity index is 545. The third kappa shape index (κ3) is 2.27. The summed E-state index contributed by atoms with van der Waals surface area (Å²) >= 11 is 0. The van der Waals surface area contributed by atoms with Gasteiger partial charge >= 0.3 is 6.18 Å². The zero-order valence-corrected chi connectivity index (χ0v) is 9.13. The number of nitrogens with one attached hydrogen (secondary N) is 1. The van der Waals surface area contributed by atoms with Gasteiger partial charge in [-0.05, 0) is 19.9 Å². The molecule has 0 aliphatic heterocycles. The molecule has 2 rings (SSSR count). The summed E-state index contributed by atoms with van der Waals surface area (Å²) in [4.78, 5) is 8.15. The first-order valence-electron chi connectivity index (χ1n) is 4.81. The Kier molecular flexibility index (Phi) is 2.60. The van der Waals surface area contributed by atoms with Crippen LogP contribution in [-0.4, -0.2) is 20.2 Å². The molecule has 0 saturated carbocycles. The molecule has 0 amide bonds. The van der Waals surface area contributed by atoms with Gasteiger partial charge in [0.15, 0.2) is 0 Å². The minimum Gasteiger partial charge on any atom is -0.273 e. The summed E-state index contributed by atoms with van der Waals surface area (Å²) in [6, 6.07) is 0.923. The normalized spacial score (nSPS) is 11.8. The minimum absolute atomic E-state index is 0.141. The lowest BCUT2D eigenvalue weighted by molar-refractivity contribution is -0.141. The molecule has 0 aliphatic carbocycles. The molecule has 0 atom stereocenters. The summed E-state index contributed by atoms with van der Waals surface area (Å²) in [5, 5.41) is 5.54. The van der Waals surface area contributed by atoms with Crippen molar-refractivity contribution in [3.63, 3.8) is 0 Å². The first-order chi connectivity index (χ1) is 7.88. The molecule has 0 fully saturated rings. The lowest BCUT2D eigenvalue weighted by atomic mass is 10.2. The standard InChI is InChI=1S/C10H9F3N4/c1-5-4-14-9(6(2)15-5)7-3-8(17-16-7)10(11,12)13/h3-4H,1-2H3,(H,16,17). The number of rotatable bonds is 1. The number of aromatic amines is 1. The quantitative estimate of drug-likeness (QED) is 0.835. The van der Waals surface area contributed by atoms with E-state index in [1.54, 1.807) is 13.8 Å². The van der Waals surface area contributed by atoms with Gasteiger partial charge in [-0.2, -0.15) is 18.3 Å². The fourth-order valence-corrected chi connectivity index (χ4v) is 1.44. The van der Waals surface area contributed by atoms with Crippen molar-refractivity contribution in [2.75, 3.05) is 0 Å². The van der Waals surface area contributed by atoms with Crippen LogP contribution in [0.3, 0.4) is 0 Å². The molecule has 1 N–H and O–H groups in total. The van der Waals surface area contributed by atoms with Crippen molar-refractivity contribution in [1.29, 1.82) is 0 Å². The highest BCUT2D eigenvalue weighted by Crippen LogP contribution is 2.30. The number of alkyl halides is 3. The molecule has 0 radical (unpaired) electrons. The van der Waals surface area contributed by atoms with Gasteiger partial charge in [0.25, 0.3) is 0 Å². The second-order valence-electron chi connectivity index (χ2n) is 3.61. The summed E-state index contributed by atoms with van der Waals surface area (Å²) in [5.41, 5.74) is 0.849. The van der Waals surface area contributed by atoms with Crippen LogP contribution in [0.25, 0.3) is 11.4 Å². The van der Waals surface area contributed by atoms with Gasteiger partial charge in [0.2, 0.25) is 0 Å². The average molecular weight is 242 g/mol. The van der Waals surface area contributed by atoms with E-state index < -0.39 is 11.9 Å². The van der Waals surface area contributed by atoms with Crippen LogP contribution < -0.4 is 0 Å². The Balaban J connectivity index is 2.44. The van der Waals surface area contributed by atoms with Crippen LogP contribution in [0, 0.1) is 13.8 Å². The fourth-order valence-electron chi connectivity index (χ4n) is 1.44. The van der Waals surface area contributed by atoms with Crippen LogP contribution in [0.5, 0.6) is 0 Å². The van der Waals surface area contributed by atoms with Gasteiger partial charge in [0.05, 0.1) is 11.4 Å². The molecule has 2 heterocycles. The van der Waals surface area contributed by atoms with E-state index in [2.05, 4.69) is 15.1 Å².